The van der Waals surface area contributed by atoms with Crippen LogP contribution in [0.5, 0.6) is 5.75 Å². The molecule has 0 aromatic heterocycles. The van der Waals surface area contributed by atoms with Crippen LogP contribution in [0, 0.1) is 11.3 Å². The Morgan fingerprint density at radius 2 is 2.12 bits per heavy atom. The van der Waals surface area contributed by atoms with Gasteiger partial charge in [0.25, 0.3) is 5.91 Å². The van der Waals surface area contributed by atoms with E-state index in [2.05, 4.69) is 5.32 Å². The number of rotatable bonds is 5. The molecule has 124 valence electrons. The predicted molar refractivity (Wildman–Crippen MR) is 82.6 cm³/mol. The van der Waals surface area contributed by atoms with Gasteiger partial charge in [-0.3, -0.25) is 14.4 Å². The number of benzene rings is 1. The summed E-state index contributed by atoms with van der Waals surface area (Å²) < 4.78 is 10.2. The number of nitrogens with zero attached hydrogens (tertiary/aromatic N) is 1. The quantitative estimate of drug-likeness (QED) is 0.460. The molecule has 3 N–H and O–H groups in total. The first-order valence-corrected chi connectivity index (χ1v) is 7.04. The summed E-state index contributed by atoms with van der Waals surface area (Å²) in [6.07, 6.45) is -1.41. The van der Waals surface area contributed by atoms with E-state index in [1.807, 2.05) is 0 Å². The molecule has 8 nitrogen and oxygen atoms in total. The zero-order valence-corrected chi connectivity index (χ0v) is 12.9. The van der Waals surface area contributed by atoms with Crippen LogP contribution < -0.4 is 15.8 Å². The molecular formula is C16H15N3O5. The largest absolute Gasteiger partial charge is 0.478 e. The normalized spacial score (nSPS) is 16.7. The van der Waals surface area contributed by atoms with Gasteiger partial charge in [0.05, 0.1) is 12.1 Å². The number of nitrogens with two attached hydrogens (primary N) is 1. The fraction of sp³-hybridized carbons (Fsp3) is 0.250. The number of Topliss-reactive ketones (excluding diaryl/α,β-unsaturated/α-hetero) is 1. The third-order valence-corrected chi connectivity index (χ3v) is 3.21. The summed E-state index contributed by atoms with van der Waals surface area (Å²) >= 11 is 0. The monoisotopic (exact) mass is 329 g/mol. The summed E-state index contributed by atoms with van der Waals surface area (Å²) in [7, 11) is 0. The van der Waals surface area contributed by atoms with Gasteiger partial charge >= 0.3 is 5.97 Å². The van der Waals surface area contributed by atoms with Crippen LogP contribution >= 0.6 is 0 Å². The topological polar surface area (TPSA) is 132 Å². The molecule has 1 aliphatic heterocycles. The maximum Gasteiger partial charge on any atom is 0.310 e. The van der Waals surface area contributed by atoms with Crippen molar-refractivity contribution in [2.24, 2.45) is 5.73 Å². The lowest BCUT2D eigenvalue weighted by Gasteiger charge is -2.25. The van der Waals surface area contributed by atoms with Crippen LogP contribution in [0.1, 0.15) is 13.3 Å². The standard InChI is InChI=1S/C16H15N3O5/c1-9(18)10(7-17)12(20)8-23-15(21)6-14-16(22)19-11-4-2-3-5-13(11)24-14/h2-5,14H,6,8,18H2,1H3,(H,19,22). The zero-order chi connectivity index (χ0) is 17.7. The lowest BCUT2D eigenvalue weighted by Crippen LogP contribution is -2.39. The van der Waals surface area contributed by atoms with E-state index in [0.29, 0.717) is 11.4 Å². The average molecular weight is 329 g/mol. The van der Waals surface area contributed by atoms with Crippen molar-refractivity contribution in [1.82, 2.24) is 0 Å². The summed E-state index contributed by atoms with van der Waals surface area (Å²) in [5, 5.41) is 11.4. The molecule has 0 aliphatic carbocycles. The first-order chi connectivity index (χ1) is 11.4. The highest BCUT2D eigenvalue weighted by atomic mass is 16.5. The molecule has 0 saturated heterocycles. The van der Waals surface area contributed by atoms with Crippen LogP contribution in [0.15, 0.2) is 35.5 Å². The van der Waals surface area contributed by atoms with Gasteiger partial charge in [-0.2, -0.15) is 5.26 Å². The molecule has 1 atom stereocenters. The Hall–Kier alpha value is -3.34. The number of para-hydroxylation sites is 2. The minimum absolute atomic E-state index is 0.0464. The van der Waals surface area contributed by atoms with Crippen molar-refractivity contribution in [3.05, 3.63) is 35.5 Å². The highest BCUT2D eigenvalue weighted by molar-refractivity contribution is 6.02. The van der Waals surface area contributed by atoms with Crippen LogP contribution in [-0.4, -0.2) is 30.4 Å². The number of anilines is 1. The smallest absolute Gasteiger partial charge is 0.310 e. The summed E-state index contributed by atoms with van der Waals surface area (Å²) in [6.45, 7) is 0.775. The summed E-state index contributed by atoms with van der Waals surface area (Å²) in [4.78, 5) is 35.4. The number of hydrogen-bond donors (Lipinski definition) is 2. The number of hydrogen-bond acceptors (Lipinski definition) is 7. The van der Waals surface area contributed by atoms with E-state index in [4.69, 9.17) is 20.5 Å². The number of nitrogens with one attached hydrogen (secondary N) is 1. The molecule has 0 spiro atoms. The molecule has 0 fully saturated rings. The van der Waals surface area contributed by atoms with Gasteiger partial charge in [-0.1, -0.05) is 12.1 Å². The van der Waals surface area contributed by atoms with Gasteiger partial charge in [0.1, 0.15) is 17.4 Å². The van der Waals surface area contributed by atoms with E-state index in [0.717, 1.165) is 0 Å². The highest BCUT2D eigenvalue weighted by Gasteiger charge is 2.30. The second kappa shape index (κ2) is 7.28. The number of carbonyl (C=O) groups excluding carboxylic acids is 3. The van der Waals surface area contributed by atoms with E-state index in [1.165, 1.54) is 6.92 Å². The average Bonchev–Trinajstić information content (AvgIpc) is 2.54. The second-order valence-corrected chi connectivity index (χ2v) is 5.05. The SMILES string of the molecule is CC(N)=C(C#N)C(=O)COC(=O)CC1Oc2ccccc2NC1=O. The van der Waals surface area contributed by atoms with Gasteiger partial charge in [-0.25, -0.2) is 0 Å². The number of amides is 1. The van der Waals surface area contributed by atoms with Gasteiger partial charge < -0.3 is 20.5 Å². The van der Waals surface area contributed by atoms with Gasteiger partial charge in [-0.05, 0) is 19.1 Å². The number of nitriles is 1. The maximum absolute atomic E-state index is 11.9. The molecule has 1 aromatic rings. The zero-order valence-electron chi connectivity index (χ0n) is 12.9. The van der Waals surface area contributed by atoms with Crippen molar-refractivity contribution in [2.45, 2.75) is 19.4 Å². The molecule has 24 heavy (non-hydrogen) atoms. The molecule has 2 rings (SSSR count). The molecule has 1 aromatic carbocycles. The van der Waals surface area contributed by atoms with Crippen molar-refractivity contribution < 1.29 is 23.9 Å². The Morgan fingerprint density at radius 1 is 1.42 bits per heavy atom. The summed E-state index contributed by atoms with van der Waals surface area (Å²) in [5.41, 5.74) is 5.69. The number of ether oxygens (including phenoxy) is 2. The minimum atomic E-state index is -1.05. The Bertz CT molecular complexity index is 759. The van der Waals surface area contributed by atoms with Gasteiger partial charge in [0.2, 0.25) is 5.78 Å². The van der Waals surface area contributed by atoms with E-state index in [9.17, 15) is 14.4 Å². The first-order valence-electron chi connectivity index (χ1n) is 7.04. The number of allylic oxidation sites excluding steroid dienone is 1. The van der Waals surface area contributed by atoms with Gasteiger partial charge in [0.15, 0.2) is 12.7 Å². The molecule has 1 unspecified atom stereocenters. The third-order valence-electron chi connectivity index (χ3n) is 3.21. The Kier molecular flexibility index (Phi) is 5.16. The lowest BCUT2D eigenvalue weighted by atomic mass is 10.1. The molecule has 0 saturated carbocycles. The Morgan fingerprint density at radius 3 is 2.79 bits per heavy atom. The predicted octanol–water partition coefficient (Wildman–Crippen LogP) is 0.645. The fourth-order valence-corrected chi connectivity index (χ4v) is 2.03. The van der Waals surface area contributed by atoms with Crippen molar-refractivity contribution in [3.8, 4) is 11.8 Å². The van der Waals surface area contributed by atoms with E-state index >= 15 is 0 Å². The second-order valence-electron chi connectivity index (χ2n) is 5.05. The van der Waals surface area contributed by atoms with Crippen LogP contribution in [0.25, 0.3) is 0 Å². The van der Waals surface area contributed by atoms with E-state index < -0.39 is 30.4 Å². The number of fused-ring (bicyclic) bond motifs is 1. The van der Waals surface area contributed by atoms with Crippen LogP contribution in [0.2, 0.25) is 0 Å². The Labute approximate surface area is 137 Å². The van der Waals surface area contributed by atoms with Crippen molar-refractivity contribution in [1.29, 1.82) is 5.26 Å². The van der Waals surface area contributed by atoms with Crippen LogP contribution in [0.3, 0.4) is 0 Å². The molecule has 1 amide bonds. The molecular weight excluding hydrogens is 314 g/mol. The number of esters is 1. The third kappa shape index (κ3) is 3.89. The fourth-order valence-electron chi connectivity index (χ4n) is 2.03. The van der Waals surface area contributed by atoms with Crippen molar-refractivity contribution in [2.75, 3.05) is 11.9 Å². The first kappa shape index (κ1) is 17.0. The van der Waals surface area contributed by atoms with Crippen LogP contribution in [0.4, 0.5) is 5.69 Å². The molecule has 8 heteroatoms. The Balaban J connectivity index is 1.92. The molecule has 1 heterocycles. The minimum Gasteiger partial charge on any atom is -0.478 e. The summed E-state index contributed by atoms with van der Waals surface area (Å²) in [5.74, 6) is -1.54. The molecule has 0 radical (unpaired) electrons. The van der Waals surface area contributed by atoms with Gasteiger partial charge in [-0.15, -0.1) is 0 Å². The molecule has 0 bridgehead atoms. The van der Waals surface area contributed by atoms with E-state index in [1.54, 1.807) is 30.3 Å². The molecule has 1 aliphatic rings. The number of ketones is 1. The maximum atomic E-state index is 11.9. The lowest BCUT2D eigenvalue weighted by molar-refractivity contribution is -0.150. The van der Waals surface area contributed by atoms with Gasteiger partial charge in [0, 0.05) is 5.70 Å². The number of carbonyl (C=O) groups is 3. The summed E-state index contributed by atoms with van der Waals surface area (Å²) in [6, 6.07) is 8.45. The van der Waals surface area contributed by atoms with Crippen molar-refractivity contribution >= 4 is 23.3 Å². The highest BCUT2D eigenvalue weighted by Crippen LogP contribution is 2.29. The van der Waals surface area contributed by atoms with E-state index in [-0.39, 0.29) is 17.7 Å². The van der Waals surface area contributed by atoms with Crippen LogP contribution in [-0.2, 0) is 19.1 Å². The van der Waals surface area contributed by atoms with Crippen molar-refractivity contribution in [3.63, 3.8) is 0 Å².